The van der Waals surface area contributed by atoms with Gasteiger partial charge in [-0.3, -0.25) is 0 Å². The summed E-state index contributed by atoms with van der Waals surface area (Å²) in [7, 11) is 0. The number of hydrogen-bond acceptors (Lipinski definition) is 3. The molecule has 0 aliphatic carbocycles. The van der Waals surface area contributed by atoms with Gasteiger partial charge >= 0.3 is 6.03 Å². The van der Waals surface area contributed by atoms with Crippen LogP contribution in [0.4, 0.5) is 14.9 Å². The van der Waals surface area contributed by atoms with Crippen LogP contribution in [0.3, 0.4) is 0 Å². The first kappa shape index (κ1) is 17.2. The largest absolute Gasteiger partial charge is 0.477 e. The van der Waals surface area contributed by atoms with Crippen molar-refractivity contribution in [1.82, 2.24) is 9.88 Å². The molecule has 1 atom stereocenters. The number of carbonyl (C=O) groups excluding carboxylic acids is 1. The Morgan fingerprint density at radius 3 is 2.88 bits per heavy atom. The Bertz CT molecular complexity index is 721. The second kappa shape index (κ2) is 7.96. The van der Waals surface area contributed by atoms with Crippen LogP contribution in [0.2, 0.25) is 0 Å². The highest BCUT2D eigenvalue weighted by atomic mass is 19.1. The van der Waals surface area contributed by atoms with Gasteiger partial charge in [0.1, 0.15) is 5.82 Å². The summed E-state index contributed by atoms with van der Waals surface area (Å²) in [6.07, 6.45) is 1.96. The van der Waals surface area contributed by atoms with E-state index in [2.05, 4.69) is 10.3 Å². The molecular formula is C19H22FN3O2. The predicted octanol–water partition coefficient (Wildman–Crippen LogP) is 3.85. The minimum absolute atomic E-state index is 0.162. The summed E-state index contributed by atoms with van der Waals surface area (Å²) < 4.78 is 18.7. The highest BCUT2D eigenvalue weighted by Crippen LogP contribution is 2.19. The van der Waals surface area contributed by atoms with Crippen molar-refractivity contribution < 1.29 is 13.9 Å². The molecule has 1 aliphatic rings. The number of aromatic nitrogens is 1. The third kappa shape index (κ3) is 4.92. The van der Waals surface area contributed by atoms with Crippen LogP contribution in [0.1, 0.15) is 18.5 Å². The number of urea groups is 1. The minimum atomic E-state index is -0.321. The van der Waals surface area contributed by atoms with Crippen LogP contribution in [-0.2, 0) is 0 Å². The van der Waals surface area contributed by atoms with Gasteiger partial charge in [-0.1, -0.05) is 6.07 Å². The number of pyridine rings is 1. The third-order valence-corrected chi connectivity index (χ3v) is 4.23. The number of benzene rings is 1. The second-order valence-corrected chi connectivity index (χ2v) is 6.32. The maximum atomic E-state index is 12.9. The molecule has 2 amide bonds. The van der Waals surface area contributed by atoms with Crippen molar-refractivity contribution in [1.29, 1.82) is 0 Å². The molecule has 2 aromatic rings. The lowest BCUT2D eigenvalue weighted by Gasteiger charge is -2.32. The molecule has 6 heteroatoms. The lowest BCUT2D eigenvalue weighted by molar-refractivity contribution is 0.143. The van der Waals surface area contributed by atoms with Crippen LogP contribution in [0.5, 0.6) is 5.88 Å². The molecule has 1 saturated heterocycles. The summed E-state index contributed by atoms with van der Waals surface area (Å²) in [4.78, 5) is 18.5. The van der Waals surface area contributed by atoms with Gasteiger partial charge in [0.2, 0.25) is 5.88 Å². The van der Waals surface area contributed by atoms with Gasteiger partial charge < -0.3 is 15.0 Å². The lowest BCUT2D eigenvalue weighted by Crippen LogP contribution is -2.43. The first-order chi connectivity index (χ1) is 12.1. The van der Waals surface area contributed by atoms with Crippen molar-refractivity contribution in [3.63, 3.8) is 0 Å². The molecule has 1 aromatic carbocycles. The SMILES string of the molecule is Cc1cccc(OCC2CCCN(C(=O)Nc3ccc(F)cc3)C2)n1. The van der Waals surface area contributed by atoms with Crippen LogP contribution in [0, 0.1) is 18.7 Å². The average molecular weight is 343 g/mol. The van der Waals surface area contributed by atoms with E-state index in [1.54, 1.807) is 17.0 Å². The number of anilines is 1. The number of nitrogens with one attached hydrogen (secondary N) is 1. The van der Waals surface area contributed by atoms with Gasteiger partial charge in [0.15, 0.2) is 0 Å². The molecule has 0 saturated carbocycles. The molecule has 5 nitrogen and oxygen atoms in total. The van der Waals surface area contributed by atoms with Gasteiger partial charge in [0.05, 0.1) is 6.61 Å². The van der Waals surface area contributed by atoms with E-state index in [0.717, 1.165) is 18.5 Å². The smallest absolute Gasteiger partial charge is 0.321 e. The number of ether oxygens (including phenoxy) is 1. The molecule has 3 rings (SSSR count). The fourth-order valence-corrected chi connectivity index (χ4v) is 2.92. The maximum Gasteiger partial charge on any atom is 0.321 e. The van der Waals surface area contributed by atoms with Gasteiger partial charge in [-0.05, 0) is 50.1 Å². The number of amides is 2. The van der Waals surface area contributed by atoms with Gasteiger partial charge in [-0.15, -0.1) is 0 Å². The zero-order chi connectivity index (χ0) is 17.6. The molecule has 1 fully saturated rings. The Kier molecular flexibility index (Phi) is 5.48. The van der Waals surface area contributed by atoms with Crippen LogP contribution in [0.25, 0.3) is 0 Å². The second-order valence-electron chi connectivity index (χ2n) is 6.32. The molecule has 0 radical (unpaired) electrons. The quantitative estimate of drug-likeness (QED) is 0.917. The summed E-state index contributed by atoms with van der Waals surface area (Å²) in [6, 6.07) is 11.3. The Morgan fingerprint density at radius 1 is 1.32 bits per heavy atom. The minimum Gasteiger partial charge on any atom is -0.477 e. The van der Waals surface area contributed by atoms with E-state index in [4.69, 9.17) is 4.74 Å². The van der Waals surface area contributed by atoms with Crippen molar-refractivity contribution in [2.75, 3.05) is 25.0 Å². The average Bonchev–Trinajstić information content (AvgIpc) is 2.62. The van der Waals surface area contributed by atoms with E-state index in [1.165, 1.54) is 12.1 Å². The van der Waals surface area contributed by atoms with Crippen molar-refractivity contribution in [2.45, 2.75) is 19.8 Å². The first-order valence-electron chi connectivity index (χ1n) is 8.48. The highest BCUT2D eigenvalue weighted by molar-refractivity contribution is 5.89. The summed E-state index contributed by atoms with van der Waals surface area (Å²) in [5, 5.41) is 2.81. The third-order valence-electron chi connectivity index (χ3n) is 4.23. The molecule has 1 aromatic heterocycles. The number of hydrogen-bond donors (Lipinski definition) is 1. The fraction of sp³-hybridized carbons (Fsp3) is 0.368. The van der Waals surface area contributed by atoms with Crippen LogP contribution < -0.4 is 10.1 Å². The molecule has 25 heavy (non-hydrogen) atoms. The normalized spacial score (nSPS) is 17.2. The van der Waals surface area contributed by atoms with E-state index in [0.29, 0.717) is 31.3 Å². The van der Waals surface area contributed by atoms with Crippen molar-refractivity contribution in [2.24, 2.45) is 5.92 Å². The fourth-order valence-electron chi connectivity index (χ4n) is 2.92. The van der Waals surface area contributed by atoms with E-state index >= 15 is 0 Å². The number of piperidine rings is 1. The first-order valence-corrected chi connectivity index (χ1v) is 8.48. The van der Waals surface area contributed by atoms with Crippen LogP contribution in [-0.4, -0.2) is 35.6 Å². The van der Waals surface area contributed by atoms with Crippen molar-refractivity contribution in [3.05, 3.63) is 54.0 Å². The lowest BCUT2D eigenvalue weighted by atomic mass is 9.99. The zero-order valence-electron chi connectivity index (χ0n) is 14.2. The Hall–Kier alpha value is -2.63. The van der Waals surface area contributed by atoms with Gasteiger partial charge in [-0.2, -0.15) is 0 Å². The van der Waals surface area contributed by atoms with Crippen LogP contribution >= 0.6 is 0 Å². The van der Waals surface area contributed by atoms with E-state index in [1.807, 2.05) is 25.1 Å². The Balaban J connectivity index is 1.51. The van der Waals surface area contributed by atoms with Gasteiger partial charge in [0, 0.05) is 36.5 Å². The van der Waals surface area contributed by atoms with Crippen LogP contribution in [0.15, 0.2) is 42.5 Å². The number of halogens is 1. The Labute approximate surface area is 146 Å². The summed E-state index contributed by atoms with van der Waals surface area (Å²) in [5.74, 6) is 0.570. The standard InChI is InChI=1S/C19H22FN3O2/c1-14-4-2-6-18(21-14)25-13-15-5-3-11-23(12-15)19(24)22-17-9-7-16(20)8-10-17/h2,4,6-10,15H,3,5,11-13H2,1H3,(H,22,24). The van der Waals surface area contributed by atoms with Gasteiger partial charge in [-0.25, -0.2) is 14.2 Å². The van der Waals surface area contributed by atoms with E-state index < -0.39 is 0 Å². The summed E-state index contributed by atoms with van der Waals surface area (Å²) in [5.41, 5.74) is 1.51. The number of rotatable bonds is 4. The number of likely N-dealkylation sites (tertiary alicyclic amines) is 1. The Morgan fingerprint density at radius 2 is 2.12 bits per heavy atom. The topological polar surface area (TPSA) is 54.5 Å². The number of carbonyl (C=O) groups is 1. The molecular weight excluding hydrogens is 321 g/mol. The van der Waals surface area contributed by atoms with Crippen molar-refractivity contribution in [3.8, 4) is 5.88 Å². The molecule has 1 aliphatic heterocycles. The summed E-state index contributed by atoms with van der Waals surface area (Å²) >= 11 is 0. The zero-order valence-corrected chi connectivity index (χ0v) is 14.2. The summed E-state index contributed by atoms with van der Waals surface area (Å²) in [6.45, 7) is 3.82. The van der Waals surface area contributed by atoms with E-state index in [-0.39, 0.29) is 17.8 Å². The monoisotopic (exact) mass is 343 g/mol. The molecule has 0 spiro atoms. The maximum absolute atomic E-state index is 12.9. The molecule has 132 valence electrons. The molecule has 2 heterocycles. The number of aryl methyl sites for hydroxylation is 1. The molecule has 0 bridgehead atoms. The molecule has 1 N–H and O–H groups in total. The van der Waals surface area contributed by atoms with Gasteiger partial charge in [0.25, 0.3) is 0 Å². The van der Waals surface area contributed by atoms with E-state index in [9.17, 15) is 9.18 Å². The number of nitrogens with zero attached hydrogens (tertiary/aromatic N) is 2. The predicted molar refractivity (Wildman–Crippen MR) is 94.2 cm³/mol. The highest BCUT2D eigenvalue weighted by Gasteiger charge is 2.24. The van der Waals surface area contributed by atoms with Crippen molar-refractivity contribution >= 4 is 11.7 Å². The molecule has 1 unspecified atom stereocenters.